The van der Waals surface area contributed by atoms with E-state index in [1.54, 1.807) is 12.1 Å². The van der Waals surface area contributed by atoms with Crippen molar-refractivity contribution in [2.24, 2.45) is 0 Å². The van der Waals surface area contributed by atoms with Crippen LogP contribution >= 0.6 is 0 Å². The van der Waals surface area contributed by atoms with Crippen molar-refractivity contribution in [1.82, 2.24) is 10.2 Å². The third kappa shape index (κ3) is 2.96. The van der Waals surface area contributed by atoms with Gasteiger partial charge in [-0.25, -0.2) is 0 Å². The number of aryl methyl sites for hydroxylation is 2. The molecular formula is C15H16N2O2. The number of hydrogen-bond acceptors (Lipinski definition) is 4. The van der Waals surface area contributed by atoms with E-state index >= 15 is 0 Å². The molecule has 0 saturated carbocycles. The molecule has 0 amide bonds. The molecule has 0 fully saturated rings. The Kier molecular flexibility index (Phi) is 3.90. The molecule has 0 atom stereocenters. The highest BCUT2D eigenvalue weighted by atomic mass is 16.5. The van der Waals surface area contributed by atoms with Crippen LogP contribution < -0.4 is 4.74 Å². The third-order valence-corrected chi connectivity index (χ3v) is 3.12. The highest BCUT2D eigenvalue weighted by Gasteiger charge is 2.12. The SMILES string of the molecule is COc1ccc(C(=O)Cc2c(C)cccc2C)nn1. The largest absolute Gasteiger partial charge is 0.480 e. The predicted molar refractivity (Wildman–Crippen MR) is 72.5 cm³/mol. The molecule has 0 N–H and O–H groups in total. The number of carbonyl (C=O) groups is 1. The smallest absolute Gasteiger partial charge is 0.233 e. The van der Waals surface area contributed by atoms with Crippen molar-refractivity contribution in [2.75, 3.05) is 7.11 Å². The quantitative estimate of drug-likeness (QED) is 0.789. The van der Waals surface area contributed by atoms with E-state index in [0.29, 0.717) is 18.0 Å². The van der Waals surface area contributed by atoms with Gasteiger partial charge >= 0.3 is 0 Å². The van der Waals surface area contributed by atoms with E-state index in [1.807, 2.05) is 32.0 Å². The Labute approximate surface area is 112 Å². The molecule has 1 aromatic heterocycles. The van der Waals surface area contributed by atoms with E-state index in [4.69, 9.17) is 4.74 Å². The number of Topliss-reactive ketones (excluding diaryl/α,β-unsaturated/α-hetero) is 1. The number of nitrogens with zero attached hydrogens (tertiary/aromatic N) is 2. The standard InChI is InChI=1S/C15H16N2O2/c1-10-5-4-6-11(2)12(10)9-14(18)13-7-8-15(19-3)17-16-13/h4-8H,9H2,1-3H3. The molecule has 0 radical (unpaired) electrons. The zero-order valence-electron chi connectivity index (χ0n) is 11.3. The van der Waals surface area contributed by atoms with E-state index in [-0.39, 0.29) is 5.78 Å². The van der Waals surface area contributed by atoms with Gasteiger partial charge in [0.25, 0.3) is 0 Å². The molecule has 4 heteroatoms. The van der Waals surface area contributed by atoms with Crippen LogP contribution in [0.15, 0.2) is 30.3 Å². The van der Waals surface area contributed by atoms with Gasteiger partial charge in [-0.1, -0.05) is 18.2 Å². The maximum atomic E-state index is 12.2. The summed E-state index contributed by atoms with van der Waals surface area (Å²) in [5.41, 5.74) is 3.67. The zero-order chi connectivity index (χ0) is 13.8. The van der Waals surface area contributed by atoms with Crippen molar-refractivity contribution in [3.63, 3.8) is 0 Å². The number of hydrogen-bond donors (Lipinski definition) is 0. The van der Waals surface area contributed by atoms with Crippen molar-refractivity contribution >= 4 is 5.78 Å². The molecule has 0 bridgehead atoms. The summed E-state index contributed by atoms with van der Waals surface area (Å²) in [6, 6.07) is 9.29. The highest BCUT2D eigenvalue weighted by Crippen LogP contribution is 2.16. The van der Waals surface area contributed by atoms with Crippen molar-refractivity contribution in [3.05, 3.63) is 52.7 Å². The van der Waals surface area contributed by atoms with Crippen LogP contribution in [0, 0.1) is 13.8 Å². The number of ether oxygens (including phenoxy) is 1. The fraction of sp³-hybridized carbons (Fsp3) is 0.267. The summed E-state index contributed by atoms with van der Waals surface area (Å²) in [5, 5.41) is 7.69. The van der Waals surface area contributed by atoms with Crippen molar-refractivity contribution in [3.8, 4) is 5.88 Å². The molecule has 0 aliphatic rings. The van der Waals surface area contributed by atoms with Crippen molar-refractivity contribution in [2.45, 2.75) is 20.3 Å². The number of ketones is 1. The molecule has 0 unspecified atom stereocenters. The Hall–Kier alpha value is -2.23. The lowest BCUT2D eigenvalue weighted by atomic mass is 9.97. The Bertz CT molecular complexity index is 571. The molecular weight excluding hydrogens is 240 g/mol. The van der Waals surface area contributed by atoms with Crippen LogP contribution in [0.1, 0.15) is 27.2 Å². The second-order valence-electron chi connectivity index (χ2n) is 4.43. The Balaban J connectivity index is 2.20. The first kappa shape index (κ1) is 13.2. The lowest BCUT2D eigenvalue weighted by molar-refractivity contribution is 0.0986. The third-order valence-electron chi connectivity index (χ3n) is 3.12. The molecule has 0 aliphatic carbocycles. The zero-order valence-corrected chi connectivity index (χ0v) is 11.3. The van der Waals surface area contributed by atoms with Gasteiger partial charge in [0, 0.05) is 12.5 Å². The number of benzene rings is 1. The number of carbonyl (C=O) groups excluding carboxylic acids is 1. The van der Waals surface area contributed by atoms with Crippen LogP contribution in [0.3, 0.4) is 0 Å². The fourth-order valence-corrected chi connectivity index (χ4v) is 1.96. The fourth-order valence-electron chi connectivity index (χ4n) is 1.96. The molecule has 98 valence electrons. The molecule has 2 rings (SSSR count). The van der Waals surface area contributed by atoms with Crippen molar-refractivity contribution < 1.29 is 9.53 Å². The monoisotopic (exact) mass is 256 g/mol. The maximum absolute atomic E-state index is 12.2. The molecule has 4 nitrogen and oxygen atoms in total. The summed E-state index contributed by atoms with van der Waals surface area (Å²) in [4.78, 5) is 12.2. The summed E-state index contributed by atoms with van der Waals surface area (Å²) in [6.45, 7) is 4.02. The van der Waals surface area contributed by atoms with Crippen LogP contribution in [0.2, 0.25) is 0 Å². The summed E-state index contributed by atoms with van der Waals surface area (Å²) in [5.74, 6) is 0.371. The highest BCUT2D eigenvalue weighted by molar-refractivity contribution is 5.95. The van der Waals surface area contributed by atoms with Crippen molar-refractivity contribution in [1.29, 1.82) is 0 Å². The summed E-state index contributed by atoms with van der Waals surface area (Å²) >= 11 is 0. The molecule has 19 heavy (non-hydrogen) atoms. The minimum atomic E-state index is -0.0347. The number of methoxy groups -OCH3 is 1. The van der Waals surface area contributed by atoms with Crippen LogP contribution in [0.25, 0.3) is 0 Å². The van der Waals surface area contributed by atoms with Gasteiger partial charge in [0.2, 0.25) is 5.88 Å². The molecule has 1 aromatic carbocycles. The number of rotatable bonds is 4. The lowest BCUT2D eigenvalue weighted by Gasteiger charge is -2.08. The Morgan fingerprint density at radius 3 is 2.32 bits per heavy atom. The molecule has 0 saturated heterocycles. The van der Waals surface area contributed by atoms with E-state index in [0.717, 1.165) is 16.7 Å². The van der Waals surface area contributed by atoms with Crippen LogP contribution in [-0.4, -0.2) is 23.1 Å². The topological polar surface area (TPSA) is 52.1 Å². The first-order valence-electron chi connectivity index (χ1n) is 6.08. The summed E-state index contributed by atoms with van der Waals surface area (Å²) in [7, 11) is 1.52. The second-order valence-corrected chi connectivity index (χ2v) is 4.43. The molecule has 2 aromatic rings. The van der Waals surface area contributed by atoms with Gasteiger partial charge in [-0.05, 0) is 36.6 Å². The lowest BCUT2D eigenvalue weighted by Crippen LogP contribution is -2.09. The van der Waals surface area contributed by atoms with Gasteiger partial charge in [-0.2, -0.15) is 0 Å². The van der Waals surface area contributed by atoms with Gasteiger partial charge in [0.1, 0.15) is 5.69 Å². The van der Waals surface area contributed by atoms with Gasteiger partial charge in [0.05, 0.1) is 7.11 Å². The number of aromatic nitrogens is 2. The predicted octanol–water partition coefficient (Wildman–Crippen LogP) is 2.53. The van der Waals surface area contributed by atoms with Crippen LogP contribution in [-0.2, 0) is 6.42 Å². The molecule has 0 spiro atoms. The minimum absolute atomic E-state index is 0.0347. The van der Waals surface area contributed by atoms with Gasteiger partial charge in [-0.15, -0.1) is 10.2 Å². The Morgan fingerprint density at radius 1 is 1.11 bits per heavy atom. The van der Waals surface area contributed by atoms with Gasteiger partial charge in [-0.3, -0.25) is 4.79 Å². The summed E-state index contributed by atoms with van der Waals surface area (Å²) < 4.78 is 4.92. The van der Waals surface area contributed by atoms with E-state index in [1.165, 1.54) is 7.11 Å². The first-order chi connectivity index (χ1) is 9.11. The van der Waals surface area contributed by atoms with Gasteiger partial charge < -0.3 is 4.74 Å². The Morgan fingerprint density at radius 2 is 1.79 bits per heavy atom. The van der Waals surface area contributed by atoms with Crippen LogP contribution in [0.4, 0.5) is 0 Å². The normalized spacial score (nSPS) is 10.3. The van der Waals surface area contributed by atoms with E-state index in [2.05, 4.69) is 10.2 Å². The summed E-state index contributed by atoms with van der Waals surface area (Å²) in [6.07, 6.45) is 0.347. The second kappa shape index (κ2) is 5.61. The van der Waals surface area contributed by atoms with Crippen LogP contribution in [0.5, 0.6) is 5.88 Å². The average molecular weight is 256 g/mol. The van der Waals surface area contributed by atoms with E-state index < -0.39 is 0 Å². The average Bonchev–Trinajstić information content (AvgIpc) is 2.43. The van der Waals surface area contributed by atoms with Gasteiger partial charge in [0.15, 0.2) is 5.78 Å². The molecule has 0 aliphatic heterocycles. The maximum Gasteiger partial charge on any atom is 0.233 e. The minimum Gasteiger partial charge on any atom is -0.480 e. The molecule has 1 heterocycles. The van der Waals surface area contributed by atoms with E-state index in [9.17, 15) is 4.79 Å². The first-order valence-corrected chi connectivity index (χ1v) is 6.08.